The highest BCUT2D eigenvalue weighted by Gasteiger charge is 2.30. The molecule has 1 aromatic heterocycles. The minimum atomic E-state index is -0.409. The molecule has 0 saturated heterocycles. The number of nitrogens with zero attached hydrogens (tertiary/aromatic N) is 2. The zero-order chi connectivity index (χ0) is 30.9. The molecule has 0 fully saturated rings. The van der Waals surface area contributed by atoms with Crippen molar-refractivity contribution in [2.75, 3.05) is 13.7 Å². The Kier molecular flexibility index (Phi) is 14.8. The van der Waals surface area contributed by atoms with Gasteiger partial charge in [-0.25, -0.2) is 4.57 Å². The molecular weight excluding hydrogens is 536 g/mol. The quantitative estimate of drug-likeness (QED) is 0.0803. The summed E-state index contributed by atoms with van der Waals surface area (Å²) in [6, 6.07) is 18.2. The Morgan fingerprint density at radius 1 is 0.698 bits per heavy atom. The van der Waals surface area contributed by atoms with E-state index < -0.39 is 5.91 Å². The lowest BCUT2D eigenvalue weighted by molar-refractivity contribution is -0.679. The number of benzene rings is 2. The normalized spacial score (nSPS) is 10.9. The van der Waals surface area contributed by atoms with Gasteiger partial charge in [0.25, 0.3) is 11.8 Å². The standard InChI is InChI=1S/C37H51N2O4/c1-5-6-7-8-9-10-11-12-13-14-15-20-28-43-34-26-21-24-32(30(34)2)36(40)39(29-31-22-18-19-27-38(31)3)37(41)33-23-16-17-25-35(33)42-4/h16-19,21-27H,5-15,20,28-29H2,1-4H3/q+1. The summed E-state index contributed by atoms with van der Waals surface area (Å²) in [5.74, 6) is 0.337. The summed E-state index contributed by atoms with van der Waals surface area (Å²) in [5, 5.41) is 0. The van der Waals surface area contributed by atoms with Gasteiger partial charge in [0.05, 0.1) is 19.3 Å². The lowest BCUT2D eigenvalue weighted by Crippen LogP contribution is -2.42. The number of hydrogen-bond acceptors (Lipinski definition) is 4. The van der Waals surface area contributed by atoms with Crippen molar-refractivity contribution >= 4 is 11.8 Å². The van der Waals surface area contributed by atoms with Crippen molar-refractivity contribution < 1.29 is 23.6 Å². The van der Waals surface area contributed by atoms with Crippen LogP contribution >= 0.6 is 0 Å². The molecule has 6 nitrogen and oxygen atoms in total. The van der Waals surface area contributed by atoms with Gasteiger partial charge in [0.15, 0.2) is 6.20 Å². The molecule has 0 N–H and O–H groups in total. The Bertz CT molecular complexity index is 1290. The number of carbonyl (C=O) groups is 2. The first kappa shape index (κ1) is 33.8. The summed E-state index contributed by atoms with van der Waals surface area (Å²) in [5.41, 5.74) is 2.36. The van der Waals surface area contributed by atoms with Gasteiger partial charge in [0.1, 0.15) is 25.1 Å². The maximum Gasteiger partial charge on any atom is 0.265 e. The van der Waals surface area contributed by atoms with Crippen molar-refractivity contribution in [1.29, 1.82) is 0 Å². The predicted molar refractivity (Wildman–Crippen MR) is 173 cm³/mol. The monoisotopic (exact) mass is 587 g/mol. The van der Waals surface area contributed by atoms with Crippen LogP contribution in [0.15, 0.2) is 66.9 Å². The van der Waals surface area contributed by atoms with Crippen LogP contribution in [0.1, 0.15) is 116 Å². The molecule has 2 aromatic carbocycles. The summed E-state index contributed by atoms with van der Waals surface area (Å²) in [7, 11) is 3.43. The fourth-order valence-electron chi connectivity index (χ4n) is 5.36. The summed E-state index contributed by atoms with van der Waals surface area (Å²) >= 11 is 0. The van der Waals surface area contributed by atoms with Gasteiger partial charge >= 0.3 is 0 Å². The zero-order valence-electron chi connectivity index (χ0n) is 26.8. The van der Waals surface area contributed by atoms with E-state index in [-0.39, 0.29) is 12.5 Å². The molecule has 232 valence electrons. The van der Waals surface area contributed by atoms with E-state index in [1.807, 2.05) is 55.1 Å². The van der Waals surface area contributed by atoms with Crippen LogP contribution in [-0.2, 0) is 13.6 Å². The second-order valence-corrected chi connectivity index (χ2v) is 11.4. The molecule has 2 amide bonds. The zero-order valence-corrected chi connectivity index (χ0v) is 26.8. The van der Waals surface area contributed by atoms with Crippen LogP contribution < -0.4 is 14.0 Å². The van der Waals surface area contributed by atoms with E-state index >= 15 is 0 Å². The van der Waals surface area contributed by atoms with Gasteiger partial charge in [0.2, 0.25) is 5.69 Å². The molecule has 0 unspecified atom stereocenters. The molecule has 1 heterocycles. The minimum Gasteiger partial charge on any atom is -0.496 e. The van der Waals surface area contributed by atoms with Crippen molar-refractivity contribution in [3.63, 3.8) is 0 Å². The Morgan fingerprint density at radius 3 is 1.91 bits per heavy atom. The van der Waals surface area contributed by atoms with E-state index in [1.165, 1.54) is 76.2 Å². The van der Waals surface area contributed by atoms with E-state index in [0.717, 1.165) is 24.1 Å². The average molecular weight is 588 g/mol. The van der Waals surface area contributed by atoms with Crippen molar-refractivity contribution in [2.45, 2.75) is 97.4 Å². The summed E-state index contributed by atoms with van der Waals surface area (Å²) in [4.78, 5) is 29.2. The molecule has 0 radical (unpaired) electrons. The molecule has 0 saturated carbocycles. The van der Waals surface area contributed by atoms with Crippen molar-refractivity contribution in [3.05, 3.63) is 89.2 Å². The number of rotatable bonds is 19. The maximum atomic E-state index is 14.0. The van der Waals surface area contributed by atoms with Gasteiger partial charge in [0, 0.05) is 23.3 Å². The molecule has 3 aromatic rings. The number of unbranched alkanes of at least 4 members (excludes halogenated alkanes) is 11. The number of amides is 2. The van der Waals surface area contributed by atoms with Crippen molar-refractivity contribution in [2.24, 2.45) is 7.05 Å². The van der Waals surface area contributed by atoms with E-state index in [0.29, 0.717) is 29.2 Å². The van der Waals surface area contributed by atoms with Crippen molar-refractivity contribution in [1.82, 2.24) is 4.90 Å². The molecule has 0 aliphatic rings. The summed E-state index contributed by atoms with van der Waals surface area (Å²) in [6.45, 7) is 4.88. The molecule has 0 aliphatic heterocycles. The number of carbonyl (C=O) groups excluding carboxylic acids is 2. The Hall–Kier alpha value is -3.67. The fraction of sp³-hybridized carbons (Fsp3) is 0.486. The Balaban J connectivity index is 1.60. The van der Waals surface area contributed by atoms with Crippen LogP contribution in [0.3, 0.4) is 0 Å². The second kappa shape index (κ2) is 18.8. The first-order valence-corrected chi connectivity index (χ1v) is 16.1. The number of para-hydroxylation sites is 1. The Labute approximate surface area is 259 Å². The lowest BCUT2D eigenvalue weighted by atomic mass is 10.0. The van der Waals surface area contributed by atoms with E-state index in [1.54, 1.807) is 30.3 Å². The predicted octanol–water partition coefficient (Wildman–Crippen LogP) is 8.39. The molecule has 0 bridgehead atoms. The average Bonchev–Trinajstić information content (AvgIpc) is 3.03. The summed E-state index contributed by atoms with van der Waals surface area (Å²) in [6.07, 6.45) is 17.4. The number of aryl methyl sites for hydroxylation is 1. The molecule has 43 heavy (non-hydrogen) atoms. The highest BCUT2D eigenvalue weighted by molar-refractivity contribution is 6.11. The molecule has 3 rings (SSSR count). The van der Waals surface area contributed by atoms with Gasteiger partial charge in [-0.2, -0.15) is 0 Å². The molecule has 0 aliphatic carbocycles. The molecule has 0 atom stereocenters. The lowest BCUT2D eigenvalue weighted by Gasteiger charge is -2.22. The third kappa shape index (κ3) is 10.5. The van der Waals surface area contributed by atoms with E-state index in [4.69, 9.17) is 9.47 Å². The van der Waals surface area contributed by atoms with Crippen LogP contribution in [-0.4, -0.2) is 30.4 Å². The van der Waals surface area contributed by atoms with Crippen LogP contribution in [0, 0.1) is 6.92 Å². The molecule has 6 heteroatoms. The number of hydrogen-bond donors (Lipinski definition) is 0. The smallest absolute Gasteiger partial charge is 0.265 e. The van der Waals surface area contributed by atoms with Crippen LogP contribution in [0.25, 0.3) is 0 Å². The first-order valence-electron chi connectivity index (χ1n) is 16.1. The van der Waals surface area contributed by atoms with Gasteiger partial charge < -0.3 is 9.47 Å². The number of imide groups is 1. The SMILES string of the molecule is CCCCCCCCCCCCCCOc1cccc(C(=O)N(Cc2cccc[n+]2C)C(=O)c2ccccc2OC)c1C. The molecule has 0 spiro atoms. The van der Waals surface area contributed by atoms with Gasteiger partial charge in [-0.3, -0.25) is 14.5 Å². The van der Waals surface area contributed by atoms with Crippen LogP contribution in [0.2, 0.25) is 0 Å². The second-order valence-electron chi connectivity index (χ2n) is 11.4. The Morgan fingerprint density at radius 2 is 1.26 bits per heavy atom. The number of aromatic nitrogens is 1. The number of pyridine rings is 1. The van der Waals surface area contributed by atoms with Gasteiger partial charge in [-0.15, -0.1) is 0 Å². The highest BCUT2D eigenvalue weighted by atomic mass is 16.5. The van der Waals surface area contributed by atoms with Gasteiger partial charge in [-0.05, 0) is 37.6 Å². The fourth-order valence-corrected chi connectivity index (χ4v) is 5.36. The maximum absolute atomic E-state index is 14.0. The van der Waals surface area contributed by atoms with Crippen LogP contribution in [0.4, 0.5) is 0 Å². The third-order valence-corrected chi connectivity index (χ3v) is 8.08. The summed E-state index contributed by atoms with van der Waals surface area (Å²) < 4.78 is 13.5. The topological polar surface area (TPSA) is 59.7 Å². The van der Waals surface area contributed by atoms with E-state index in [2.05, 4.69) is 6.92 Å². The van der Waals surface area contributed by atoms with E-state index in [9.17, 15) is 9.59 Å². The van der Waals surface area contributed by atoms with Crippen LogP contribution in [0.5, 0.6) is 11.5 Å². The largest absolute Gasteiger partial charge is 0.496 e. The third-order valence-electron chi connectivity index (χ3n) is 8.08. The number of methoxy groups -OCH3 is 1. The number of ether oxygens (including phenoxy) is 2. The first-order chi connectivity index (χ1) is 21.0. The van der Waals surface area contributed by atoms with Crippen molar-refractivity contribution in [3.8, 4) is 11.5 Å². The highest BCUT2D eigenvalue weighted by Crippen LogP contribution is 2.26. The van der Waals surface area contributed by atoms with Gasteiger partial charge in [-0.1, -0.05) is 102 Å². The minimum absolute atomic E-state index is 0.121. The molecular formula is C37H51N2O4+.